The van der Waals surface area contributed by atoms with E-state index in [4.69, 9.17) is 0 Å². The molecule has 2 atom stereocenters. The molecule has 0 saturated heterocycles. The zero-order valence-corrected chi connectivity index (χ0v) is 12.3. The van der Waals surface area contributed by atoms with Crippen molar-refractivity contribution < 1.29 is 4.79 Å². The monoisotopic (exact) mass is 270 g/mol. The standard InChI is InChI=1S/C18H22O.CH4/c1-12-5-7-13(8-6-12)11-14-15-9-10-18(4,16(14)19)17(15,2)3;/h5-8,11,15H,9-10H2,1-4H3;1H4/b14-11-;. The summed E-state index contributed by atoms with van der Waals surface area (Å²) in [5, 5.41) is 0. The number of hydrogen-bond acceptors (Lipinski definition) is 1. The largest absolute Gasteiger partial charge is 0.294 e. The molecule has 1 heteroatoms. The highest BCUT2D eigenvalue weighted by atomic mass is 16.1. The van der Waals surface area contributed by atoms with E-state index in [2.05, 4.69) is 58.0 Å². The Labute approximate surface area is 123 Å². The molecule has 20 heavy (non-hydrogen) atoms. The summed E-state index contributed by atoms with van der Waals surface area (Å²) in [5.74, 6) is 0.820. The Bertz CT molecular complexity index is 562. The van der Waals surface area contributed by atoms with E-state index < -0.39 is 0 Å². The van der Waals surface area contributed by atoms with Crippen molar-refractivity contribution in [2.24, 2.45) is 16.7 Å². The summed E-state index contributed by atoms with van der Waals surface area (Å²) in [7, 11) is 0. The van der Waals surface area contributed by atoms with Gasteiger partial charge in [-0.2, -0.15) is 0 Å². The Balaban J connectivity index is 0.00000147. The first kappa shape index (κ1) is 15.0. The van der Waals surface area contributed by atoms with Crippen molar-refractivity contribution in [1.29, 1.82) is 0 Å². The molecule has 2 aliphatic carbocycles. The van der Waals surface area contributed by atoms with Crippen LogP contribution >= 0.6 is 0 Å². The van der Waals surface area contributed by atoms with Crippen LogP contribution in [0.5, 0.6) is 0 Å². The fraction of sp³-hybridized carbons (Fsp3) is 0.526. The molecule has 0 aromatic heterocycles. The molecule has 3 rings (SSSR count). The predicted molar refractivity (Wildman–Crippen MR) is 85.5 cm³/mol. The normalized spacial score (nSPS) is 32.5. The molecule has 108 valence electrons. The van der Waals surface area contributed by atoms with Crippen LogP contribution in [0.15, 0.2) is 29.8 Å². The first-order chi connectivity index (χ1) is 8.86. The van der Waals surface area contributed by atoms with E-state index in [9.17, 15) is 4.79 Å². The number of ketones is 1. The maximum Gasteiger partial charge on any atom is 0.165 e. The fourth-order valence-corrected chi connectivity index (χ4v) is 3.94. The molecule has 0 radical (unpaired) electrons. The Morgan fingerprint density at radius 1 is 1.15 bits per heavy atom. The van der Waals surface area contributed by atoms with Crippen molar-refractivity contribution in [2.45, 2.75) is 48.0 Å². The van der Waals surface area contributed by atoms with Gasteiger partial charge < -0.3 is 0 Å². The number of benzene rings is 1. The molecular formula is C19H26O. The number of hydrogen-bond donors (Lipinski definition) is 0. The summed E-state index contributed by atoms with van der Waals surface area (Å²) in [4.78, 5) is 12.7. The third kappa shape index (κ3) is 1.79. The van der Waals surface area contributed by atoms with Gasteiger partial charge in [0.05, 0.1) is 0 Å². The lowest BCUT2D eigenvalue weighted by atomic mass is 9.70. The first-order valence-corrected chi connectivity index (χ1v) is 7.19. The number of carbonyl (C=O) groups is 1. The molecule has 2 fully saturated rings. The highest BCUT2D eigenvalue weighted by molar-refractivity contribution is 6.07. The molecule has 2 aliphatic rings. The van der Waals surface area contributed by atoms with Crippen molar-refractivity contribution in [2.75, 3.05) is 0 Å². The smallest absolute Gasteiger partial charge is 0.165 e. The van der Waals surface area contributed by atoms with E-state index >= 15 is 0 Å². The molecule has 0 spiro atoms. The Kier molecular flexibility index (Phi) is 3.44. The number of allylic oxidation sites excluding steroid dienone is 1. The van der Waals surface area contributed by atoms with Crippen molar-refractivity contribution in [3.8, 4) is 0 Å². The van der Waals surface area contributed by atoms with Gasteiger partial charge in [-0.05, 0) is 48.3 Å². The topological polar surface area (TPSA) is 17.1 Å². The quantitative estimate of drug-likeness (QED) is 0.653. The highest BCUT2D eigenvalue weighted by Gasteiger charge is 2.63. The summed E-state index contributed by atoms with van der Waals surface area (Å²) in [6.07, 6.45) is 4.33. The second-order valence-electron chi connectivity index (χ2n) is 6.98. The van der Waals surface area contributed by atoms with Crippen LogP contribution in [-0.2, 0) is 4.79 Å². The van der Waals surface area contributed by atoms with Gasteiger partial charge in [0.15, 0.2) is 5.78 Å². The van der Waals surface area contributed by atoms with Gasteiger partial charge in [-0.15, -0.1) is 0 Å². The summed E-state index contributed by atoms with van der Waals surface area (Å²) in [5.41, 5.74) is 3.44. The van der Waals surface area contributed by atoms with Crippen LogP contribution in [0.3, 0.4) is 0 Å². The minimum absolute atomic E-state index is 0. The Morgan fingerprint density at radius 2 is 1.75 bits per heavy atom. The molecule has 0 N–H and O–H groups in total. The molecule has 0 aliphatic heterocycles. The van der Waals surface area contributed by atoms with Gasteiger partial charge in [-0.1, -0.05) is 58.0 Å². The van der Waals surface area contributed by atoms with E-state index in [0.29, 0.717) is 11.7 Å². The van der Waals surface area contributed by atoms with Crippen molar-refractivity contribution >= 4 is 11.9 Å². The molecular weight excluding hydrogens is 244 g/mol. The second-order valence-corrected chi connectivity index (χ2v) is 6.98. The number of Topliss-reactive ketones (excluding diaryl/α,β-unsaturated/α-hetero) is 1. The fourth-order valence-electron chi connectivity index (χ4n) is 3.94. The average molecular weight is 270 g/mol. The summed E-state index contributed by atoms with van der Waals surface area (Å²) >= 11 is 0. The van der Waals surface area contributed by atoms with Crippen molar-refractivity contribution in [1.82, 2.24) is 0 Å². The van der Waals surface area contributed by atoms with Crippen LogP contribution in [0.4, 0.5) is 0 Å². The van der Waals surface area contributed by atoms with Gasteiger partial charge in [-0.25, -0.2) is 0 Å². The van der Waals surface area contributed by atoms with Crippen LogP contribution in [0.1, 0.15) is 52.2 Å². The van der Waals surface area contributed by atoms with Crippen LogP contribution < -0.4 is 0 Å². The maximum atomic E-state index is 12.7. The Morgan fingerprint density at radius 3 is 2.25 bits per heavy atom. The first-order valence-electron chi connectivity index (χ1n) is 7.19. The summed E-state index contributed by atoms with van der Waals surface area (Å²) in [6.45, 7) is 8.77. The highest BCUT2D eigenvalue weighted by Crippen LogP contribution is 2.65. The second kappa shape index (κ2) is 4.58. The molecule has 0 amide bonds. The lowest BCUT2D eigenvalue weighted by Gasteiger charge is -2.31. The molecule has 1 nitrogen and oxygen atoms in total. The SMILES string of the molecule is C.Cc1ccc(/C=C2\C(=O)C3(C)CCC2C3(C)C)cc1. The molecule has 2 saturated carbocycles. The number of aryl methyl sites for hydroxylation is 1. The van der Waals surface area contributed by atoms with E-state index in [1.807, 2.05) is 0 Å². The minimum Gasteiger partial charge on any atom is -0.294 e. The van der Waals surface area contributed by atoms with Crippen molar-refractivity contribution in [3.63, 3.8) is 0 Å². The summed E-state index contributed by atoms with van der Waals surface area (Å²) < 4.78 is 0. The van der Waals surface area contributed by atoms with Gasteiger partial charge in [0.2, 0.25) is 0 Å². The van der Waals surface area contributed by atoms with Gasteiger partial charge in [0.25, 0.3) is 0 Å². The van der Waals surface area contributed by atoms with Crippen molar-refractivity contribution in [3.05, 3.63) is 41.0 Å². The predicted octanol–water partition coefficient (Wildman–Crippen LogP) is 5.04. The van der Waals surface area contributed by atoms with E-state index in [1.165, 1.54) is 5.56 Å². The maximum absolute atomic E-state index is 12.7. The minimum atomic E-state index is -0.145. The van der Waals surface area contributed by atoms with E-state index in [0.717, 1.165) is 24.0 Å². The van der Waals surface area contributed by atoms with Crippen LogP contribution in [0.2, 0.25) is 0 Å². The number of rotatable bonds is 1. The molecule has 2 unspecified atom stereocenters. The Hall–Kier alpha value is -1.37. The van der Waals surface area contributed by atoms with E-state index in [1.54, 1.807) is 0 Å². The zero-order chi connectivity index (χ0) is 13.8. The van der Waals surface area contributed by atoms with Crippen LogP contribution in [0.25, 0.3) is 6.08 Å². The molecule has 1 aromatic carbocycles. The summed E-state index contributed by atoms with van der Waals surface area (Å²) in [6, 6.07) is 8.43. The van der Waals surface area contributed by atoms with Gasteiger partial charge >= 0.3 is 0 Å². The van der Waals surface area contributed by atoms with Crippen LogP contribution in [0, 0.1) is 23.7 Å². The van der Waals surface area contributed by atoms with E-state index in [-0.39, 0.29) is 18.3 Å². The zero-order valence-electron chi connectivity index (χ0n) is 12.3. The van der Waals surface area contributed by atoms with Crippen LogP contribution in [-0.4, -0.2) is 5.78 Å². The van der Waals surface area contributed by atoms with Gasteiger partial charge in [0, 0.05) is 5.41 Å². The molecule has 0 heterocycles. The number of fused-ring (bicyclic) bond motifs is 2. The number of carbonyl (C=O) groups excluding carboxylic acids is 1. The molecule has 1 aromatic rings. The average Bonchev–Trinajstić information content (AvgIpc) is 2.66. The third-order valence-corrected chi connectivity index (χ3v) is 5.76. The lowest BCUT2D eigenvalue weighted by molar-refractivity contribution is -0.125. The van der Waals surface area contributed by atoms with Gasteiger partial charge in [0.1, 0.15) is 0 Å². The molecule has 2 bridgehead atoms. The van der Waals surface area contributed by atoms with Gasteiger partial charge in [-0.3, -0.25) is 4.79 Å². The third-order valence-electron chi connectivity index (χ3n) is 5.76. The lowest BCUT2D eigenvalue weighted by Crippen LogP contribution is -2.32.